The average molecular weight is 305 g/mol. The molecule has 1 heterocycles. The van der Waals surface area contributed by atoms with Crippen LogP contribution in [0.3, 0.4) is 0 Å². The summed E-state index contributed by atoms with van der Waals surface area (Å²) in [7, 11) is 0. The molecule has 110 valence electrons. The van der Waals surface area contributed by atoms with Crippen molar-refractivity contribution in [2.45, 2.75) is 20.3 Å². The maximum atomic E-state index is 12.3. The Morgan fingerprint density at radius 2 is 2.05 bits per heavy atom. The van der Waals surface area contributed by atoms with Crippen LogP contribution in [0.25, 0.3) is 0 Å². The number of halogens is 1. The van der Waals surface area contributed by atoms with Crippen molar-refractivity contribution in [1.82, 2.24) is 9.97 Å². The molecule has 5 nitrogen and oxygen atoms in total. The molecule has 0 radical (unpaired) electrons. The van der Waals surface area contributed by atoms with Crippen molar-refractivity contribution in [1.29, 1.82) is 0 Å². The van der Waals surface area contributed by atoms with Gasteiger partial charge in [0.25, 0.3) is 5.91 Å². The predicted molar refractivity (Wildman–Crippen MR) is 85.0 cm³/mol. The molecule has 0 bridgehead atoms. The van der Waals surface area contributed by atoms with Crippen LogP contribution in [-0.2, 0) is 0 Å². The predicted octanol–water partition coefficient (Wildman–Crippen LogP) is 3.51. The Labute approximate surface area is 128 Å². The molecule has 1 aromatic heterocycles. The number of rotatable bonds is 5. The monoisotopic (exact) mass is 304 g/mol. The van der Waals surface area contributed by atoms with E-state index in [1.807, 2.05) is 13.8 Å². The molecule has 0 saturated heterocycles. The number of nitrogens with one attached hydrogen (secondary N) is 2. The second kappa shape index (κ2) is 7.04. The standard InChI is InChI=1S/C15H17ClN4O/c1-3-8-17-15-18-10(2)9-13(20-15)14(21)19-12-7-5-4-6-11(12)16/h4-7,9H,3,8H2,1-2H3,(H,19,21)(H,17,18,20). The van der Waals surface area contributed by atoms with Crippen molar-refractivity contribution in [3.05, 3.63) is 46.7 Å². The van der Waals surface area contributed by atoms with Gasteiger partial charge in [-0.05, 0) is 31.5 Å². The third-order valence-electron chi connectivity index (χ3n) is 2.74. The van der Waals surface area contributed by atoms with Crippen LogP contribution >= 0.6 is 11.6 Å². The highest BCUT2D eigenvalue weighted by atomic mass is 35.5. The normalized spacial score (nSPS) is 10.2. The Morgan fingerprint density at radius 1 is 1.29 bits per heavy atom. The minimum atomic E-state index is -0.312. The molecule has 0 atom stereocenters. The molecule has 0 aliphatic carbocycles. The van der Waals surface area contributed by atoms with E-state index in [0.29, 0.717) is 22.4 Å². The van der Waals surface area contributed by atoms with Gasteiger partial charge in [0.2, 0.25) is 5.95 Å². The van der Waals surface area contributed by atoms with Crippen molar-refractivity contribution in [3.8, 4) is 0 Å². The summed E-state index contributed by atoms with van der Waals surface area (Å²) in [6, 6.07) is 8.71. The SMILES string of the molecule is CCCNc1nc(C)cc(C(=O)Nc2ccccc2Cl)n1. The fourth-order valence-corrected chi connectivity index (χ4v) is 1.93. The van der Waals surface area contributed by atoms with Crippen molar-refractivity contribution < 1.29 is 4.79 Å². The van der Waals surface area contributed by atoms with Crippen molar-refractivity contribution >= 4 is 29.1 Å². The molecule has 1 amide bonds. The molecule has 0 spiro atoms. The number of carbonyl (C=O) groups is 1. The third kappa shape index (κ3) is 4.16. The minimum Gasteiger partial charge on any atom is -0.354 e. The Morgan fingerprint density at radius 3 is 2.76 bits per heavy atom. The number of anilines is 2. The van der Waals surface area contributed by atoms with Crippen LogP contribution < -0.4 is 10.6 Å². The molecule has 21 heavy (non-hydrogen) atoms. The van der Waals surface area contributed by atoms with E-state index in [1.54, 1.807) is 30.3 Å². The van der Waals surface area contributed by atoms with Crippen LogP contribution in [0.5, 0.6) is 0 Å². The van der Waals surface area contributed by atoms with Crippen LogP contribution in [0.1, 0.15) is 29.5 Å². The maximum absolute atomic E-state index is 12.3. The highest BCUT2D eigenvalue weighted by Gasteiger charge is 2.12. The van der Waals surface area contributed by atoms with Crippen molar-refractivity contribution in [2.75, 3.05) is 17.2 Å². The highest BCUT2D eigenvalue weighted by molar-refractivity contribution is 6.33. The summed E-state index contributed by atoms with van der Waals surface area (Å²) in [5.41, 5.74) is 1.59. The molecule has 0 aliphatic rings. The molecule has 1 aromatic carbocycles. The fraction of sp³-hybridized carbons (Fsp3) is 0.267. The number of nitrogens with zero attached hydrogens (tertiary/aromatic N) is 2. The summed E-state index contributed by atoms with van der Waals surface area (Å²) < 4.78 is 0. The van der Waals surface area contributed by atoms with Crippen LogP contribution in [-0.4, -0.2) is 22.4 Å². The summed E-state index contributed by atoms with van der Waals surface area (Å²) in [5.74, 6) is 0.148. The molecule has 2 N–H and O–H groups in total. The largest absolute Gasteiger partial charge is 0.354 e. The summed E-state index contributed by atoms with van der Waals surface area (Å²) in [6.45, 7) is 4.63. The van der Waals surface area contributed by atoms with Gasteiger partial charge in [0.1, 0.15) is 5.69 Å². The second-order valence-corrected chi connectivity index (χ2v) is 4.99. The molecule has 0 unspecified atom stereocenters. The van der Waals surface area contributed by atoms with E-state index in [1.165, 1.54) is 0 Å². The van der Waals surface area contributed by atoms with Crippen LogP contribution in [0, 0.1) is 6.92 Å². The molecular formula is C15H17ClN4O. The van der Waals surface area contributed by atoms with Crippen molar-refractivity contribution in [3.63, 3.8) is 0 Å². The Hall–Kier alpha value is -2.14. The van der Waals surface area contributed by atoms with Gasteiger partial charge in [0, 0.05) is 12.2 Å². The Balaban J connectivity index is 2.19. The number of para-hydroxylation sites is 1. The van der Waals surface area contributed by atoms with Gasteiger partial charge in [-0.25, -0.2) is 9.97 Å². The first-order chi connectivity index (χ1) is 10.1. The van der Waals surface area contributed by atoms with E-state index >= 15 is 0 Å². The maximum Gasteiger partial charge on any atom is 0.274 e. The number of hydrogen-bond acceptors (Lipinski definition) is 4. The first-order valence-electron chi connectivity index (χ1n) is 6.75. The van der Waals surface area contributed by atoms with Gasteiger partial charge in [0.05, 0.1) is 10.7 Å². The van der Waals surface area contributed by atoms with Gasteiger partial charge in [0.15, 0.2) is 0 Å². The average Bonchev–Trinajstić information content (AvgIpc) is 2.47. The van der Waals surface area contributed by atoms with E-state index in [0.717, 1.165) is 18.7 Å². The fourth-order valence-electron chi connectivity index (χ4n) is 1.75. The third-order valence-corrected chi connectivity index (χ3v) is 3.07. The lowest BCUT2D eigenvalue weighted by molar-refractivity contribution is 0.102. The molecule has 6 heteroatoms. The zero-order valence-electron chi connectivity index (χ0n) is 12.0. The molecule has 2 aromatic rings. The quantitative estimate of drug-likeness (QED) is 0.887. The van der Waals surface area contributed by atoms with E-state index < -0.39 is 0 Å². The summed E-state index contributed by atoms with van der Waals surface area (Å²) >= 11 is 6.03. The van der Waals surface area contributed by atoms with Gasteiger partial charge in [-0.2, -0.15) is 0 Å². The van der Waals surface area contributed by atoms with Crippen LogP contribution in [0.15, 0.2) is 30.3 Å². The Kier molecular flexibility index (Phi) is 5.11. The number of benzene rings is 1. The topological polar surface area (TPSA) is 66.9 Å². The number of aromatic nitrogens is 2. The zero-order valence-corrected chi connectivity index (χ0v) is 12.7. The van der Waals surface area contributed by atoms with Gasteiger partial charge in [-0.1, -0.05) is 30.7 Å². The minimum absolute atomic E-state index is 0.307. The smallest absolute Gasteiger partial charge is 0.274 e. The first-order valence-corrected chi connectivity index (χ1v) is 7.13. The first kappa shape index (κ1) is 15.3. The summed E-state index contributed by atoms with van der Waals surface area (Å²) in [5, 5.41) is 6.31. The van der Waals surface area contributed by atoms with Gasteiger partial charge >= 0.3 is 0 Å². The highest BCUT2D eigenvalue weighted by Crippen LogP contribution is 2.21. The van der Waals surface area contributed by atoms with E-state index in [2.05, 4.69) is 20.6 Å². The summed E-state index contributed by atoms with van der Waals surface area (Å²) in [4.78, 5) is 20.7. The van der Waals surface area contributed by atoms with E-state index in [-0.39, 0.29) is 5.91 Å². The number of carbonyl (C=O) groups excluding carboxylic acids is 1. The lowest BCUT2D eigenvalue weighted by atomic mass is 10.3. The van der Waals surface area contributed by atoms with Gasteiger partial charge in [-0.3, -0.25) is 4.79 Å². The summed E-state index contributed by atoms with van der Waals surface area (Å²) in [6.07, 6.45) is 0.957. The number of aryl methyl sites for hydroxylation is 1. The lowest BCUT2D eigenvalue weighted by Gasteiger charge is -2.09. The number of amides is 1. The van der Waals surface area contributed by atoms with Crippen molar-refractivity contribution in [2.24, 2.45) is 0 Å². The molecule has 2 rings (SSSR count). The van der Waals surface area contributed by atoms with Crippen LogP contribution in [0.2, 0.25) is 5.02 Å². The molecule has 0 saturated carbocycles. The molecular weight excluding hydrogens is 288 g/mol. The second-order valence-electron chi connectivity index (χ2n) is 4.58. The molecule has 0 aliphatic heterocycles. The zero-order chi connectivity index (χ0) is 15.2. The van der Waals surface area contributed by atoms with E-state index in [4.69, 9.17) is 11.6 Å². The Bertz CT molecular complexity index is 645. The van der Waals surface area contributed by atoms with Gasteiger partial charge < -0.3 is 10.6 Å². The van der Waals surface area contributed by atoms with Crippen LogP contribution in [0.4, 0.5) is 11.6 Å². The molecule has 0 fully saturated rings. The van der Waals surface area contributed by atoms with Gasteiger partial charge in [-0.15, -0.1) is 0 Å². The lowest BCUT2D eigenvalue weighted by Crippen LogP contribution is -2.16. The number of hydrogen-bond donors (Lipinski definition) is 2. The van der Waals surface area contributed by atoms with E-state index in [9.17, 15) is 4.79 Å².